The summed E-state index contributed by atoms with van der Waals surface area (Å²) in [6, 6.07) is 13.9. The number of nitrogens with zero attached hydrogens (tertiary/aromatic N) is 6. The van der Waals surface area contributed by atoms with Crippen LogP contribution >= 0.6 is 0 Å². The standard InChI is InChI=1S/C28H29N9O2/c29-15-33-25(30)28(39)36-19-7-8-20(36)11-18(10-19)24-22(14-38)26(31)37-27(35-24)21(13-34-37)17-6-9-23(32-12-17)16-4-2-1-3-5-16/h1-6,9,12-13,15,18-20,38H,7-8,10-11,14,31H2,(H3,29,30,33). The van der Waals surface area contributed by atoms with Crippen molar-refractivity contribution in [2.24, 2.45) is 10.7 Å². The summed E-state index contributed by atoms with van der Waals surface area (Å²) >= 11 is 0. The first-order chi connectivity index (χ1) is 19.0. The van der Waals surface area contributed by atoms with Crippen molar-refractivity contribution >= 4 is 29.5 Å². The van der Waals surface area contributed by atoms with Crippen molar-refractivity contribution in [1.82, 2.24) is 24.5 Å². The number of amidine groups is 1. The van der Waals surface area contributed by atoms with Crippen molar-refractivity contribution < 1.29 is 9.90 Å². The Bertz CT molecular complexity index is 1570. The summed E-state index contributed by atoms with van der Waals surface area (Å²) in [5, 5.41) is 21.9. The summed E-state index contributed by atoms with van der Waals surface area (Å²) in [5.41, 5.74) is 17.8. The van der Waals surface area contributed by atoms with E-state index >= 15 is 0 Å². The molecule has 11 heteroatoms. The number of pyridine rings is 1. The van der Waals surface area contributed by atoms with E-state index in [1.165, 1.54) is 0 Å². The van der Waals surface area contributed by atoms with Crippen LogP contribution in [0.1, 0.15) is 42.9 Å². The molecule has 39 heavy (non-hydrogen) atoms. The van der Waals surface area contributed by atoms with Gasteiger partial charge >= 0.3 is 0 Å². The lowest BCUT2D eigenvalue weighted by atomic mass is 9.86. The van der Waals surface area contributed by atoms with Crippen molar-refractivity contribution in [3.63, 3.8) is 0 Å². The van der Waals surface area contributed by atoms with Gasteiger partial charge in [0.05, 0.1) is 24.2 Å². The molecule has 0 aliphatic carbocycles. The third-order valence-corrected chi connectivity index (χ3v) is 7.90. The molecule has 0 spiro atoms. The summed E-state index contributed by atoms with van der Waals surface area (Å²) in [6.07, 6.45) is 7.37. The number of aliphatic imine (C=N–C) groups is 1. The van der Waals surface area contributed by atoms with Gasteiger partial charge in [-0.3, -0.25) is 15.2 Å². The number of hydrogen-bond donors (Lipinski definition) is 4. The maximum absolute atomic E-state index is 12.9. The van der Waals surface area contributed by atoms with Gasteiger partial charge in [-0.25, -0.2) is 9.98 Å². The molecule has 0 saturated carbocycles. The second-order valence-electron chi connectivity index (χ2n) is 10.0. The Balaban J connectivity index is 1.35. The molecule has 2 aliphatic heterocycles. The van der Waals surface area contributed by atoms with Crippen LogP contribution in [0.25, 0.3) is 28.0 Å². The number of aliphatic hydroxyl groups excluding tert-OH is 1. The highest BCUT2D eigenvalue weighted by atomic mass is 16.3. The lowest BCUT2D eigenvalue weighted by Crippen LogP contribution is -2.50. The predicted molar refractivity (Wildman–Crippen MR) is 148 cm³/mol. The zero-order chi connectivity index (χ0) is 27.1. The molecule has 2 unspecified atom stereocenters. The molecule has 2 atom stereocenters. The Morgan fingerprint density at radius 2 is 1.85 bits per heavy atom. The van der Waals surface area contributed by atoms with Gasteiger partial charge in [0.2, 0.25) is 0 Å². The average Bonchev–Trinajstić information content (AvgIpc) is 3.51. The Hall–Kier alpha value is -4.64. The number of hydrogen-bond acceptors (Lipinski definition) is 7. The van der Waals surface area contributed by atoms with Crippen LogP contribution in [0.3, 0.4) is 0 Å². The molecule has 1 aromatic carbocycles. The maximum atomic E-state index is 12.9. The topological polar surface area (TPSA) is 172 Å². The minimum atomic E-state index is -0.334. The van der Waals surface area contributed by atoms with E-state index in [2.05, 4.69) is 15.1 Å². The smallest absolute Gasteiger partial charge is 0.289 e. The van der Waals surface area contributed by atoms with Gasteiger partial charge in [-0.15, -0.1) is 0 Å². The molecule has 5 heterocycles. The number of benzene rings is 1. The van der Waals surface area contributed by atoms with E-state index in [4.69, 9.17) is 21.9 Å². The van der Waals surface area contributed by atoms with Crippen LogP contribution in [0.4, 0.5) is 5.82 Å². The van der Waals surface area contributed by atoms with Crippen LogP contribution in [0, 0.1) is 5.41 Å². The molecule has 2 fully saturated rings. The number of amides is 1. The zero-order valence-electron chi connectivity index (χ0n) is 21.2. The molecule has 11 nitrogen and oxygen atoms in total. The van der Waals surface area contributed by atoms with E-state index in [-0.39, 0.29) is 36.4 Å². The highest BCUT2D eigenvalue weighted by Gasteiger charge is 2.45. The van der Waals surface area contributed by atoms with Crippen LogP contribution < -0.4 is 11.5 Å². The molecule has 1 amide bonds. The fraction of sp³-hybridized carbons (Fsp3) is 0.286. The lowest BCUT2D eigenvalue weighted by Gasteiger charge is -2.39. The number of piperidine rings is 1. The van der Waals surface area contributed by atoms with Crippen molar-refractivity contribution in [3.8, 4) is 22.4 Å². The molecule has 198 valence electrons. The molecule has 6 rings (SSSR count). The van der Waals surface area contributed by atoms with Gasteiger partial charge in [0.25, 0.3) is 5.91 Å². The molecule has 6 N–H and O–H groups in total. The maximum Gasteiger partial charge on any atom is 0.289 e. The number of rotatable bonds is 5. The zero-order valence-corrected chi connectivity index (χ0v) is 21.2. The van der Waals surface area contributed by atoms with E-state index in [0.717, 1.165) is 47.3 Å². The normalized spacial score (nSPS) is 20.9. The summed E-state index contributed by atoms with van der Waals surface area (Å²) in [5.74, 6) is -0.149. The van der Waals surface area contributed by atoms with E-state index in [1.54, 1.807) is 16.9 Å². The largest absolute Gasteiger partial charge is 0.391 e. The molecule has 4 aromatic rings. The van der Waals surface area contributed by atoms with Gasteiger partial charge in [-0.05, 0) is 31.7 Å². The Labute approximate surface area is 224 Å². The first kappa shape index (κ1) is 24.7. The number of carbonyl (C=O) groups is 1. The molecular formula is C28H29N9O2. The Morgan fingerprint density at radius 3 is 2.49 bits per heavy atom. The molecule has 3 aromatic heterocycles. The van der Waals surface area contributed by atoms with Gasteiger partial charge in [0.15, 0.2) is 11.5 Å². The first-order valence-corrected chi connectivity index (χ1v) is 12.9. The summed E-state index contributed by atoms with van der Waals surface area (Å²) in [4.78, 5) is 28.1. The minimum absolute atomic E-state index is 0.00299. The fourth-order valence-corrected chi connectivity index (χ4v) is 6.09. The summed E-state index contributed by atoms with van der Waals surface area (Å²) in [7, 11) is 0. The SMILES string of the molecule is N=CN=C(N)C(=O)N1C2CCC1CC(c1nc3c(-c4ccc(-c5ccccc5)nc4)cnn3c(N)c1CO)C2. The summed E-state index contributed by atoms with van der Waals surface area (Å²) < 4.78 is 1.57. The van der Waals surface area contributed by atoms with Crippen LogP contribution in [0.15, 0.2) is 59.9 Å². The number of aromatic nitrogens is 4. The molecule has 0 radical (unpaired) electrons. The Morgan fingerprint density at radius 1 is 1.10 bits per heavy atom. The van der Waals surface area contributed by atoms with Gasteiger partial charge < -0.3 is 21.5 Å². The number of aliphatic hydroxyl groups is 1. The number of nitrogen functional groups attached to an aromatic ring is 1. The molecule has 2 bridgehead atoms. The average molecular weight is 524 g/mol. The molecule has 2 aliphatic rings. The van der Waals surface area contributed by atoms with Gasteiger partial charge in [0.1, 0.15) is 12.2 Å². The Kier molecular flexibility index (Phi) is 6.27. The van der Waals surface area contributed by atoms with Gasteiger partial charge in [-0.1, -0.05) is 36.4 Å². The lowest BCUT2D eigenvalue weighted by molar-refractivity contribution is -0.128. The second kappa shape index (κ2) is 9.91. The van der Waals surface area contributed by atoms with Crippen molar-refractivity contribution in [1.29, 1.82) is 5.41 Å². The quantitative estimate of drug-likeness (QED) is 0.230. The highest BCUT2D eigenvalue weighted by Crippen LogP contribution is 2.44. The number of nitrogens with one attached hydrogen (secondary N) is 1. The van der Waals surface area contributed by atoms with Crippen LogP contribution in [0.5, 0.6) is 0 Å². The fourth-order valence-electron chi connectivity index (χ4n) is 6.09. The second-order valence-corrected chi connectivity index (χ2v) is 10.0. The van der Waals surface area contributed by atoms with Gasteiger partial charge in [-0.2, -0.15) is 9.61 Å². The number of carbonyl (C=O) groups excluding carboxylic acids is 1. The van der Waals surface area contributed by atoms with Crippen molar-refractivity contribution in [2.45, 2.75) is 50.3 Å². The number of fused-ring (bicyclic) bond motifs is 3. The van der Waals surface area contributed by atoms with E-state index in [0.29, 0.717) is 29.9 Å². The molecule has 2 saturated heterocycles. The highest BCUT2D eigenvalue weighted by molar-refractivity contribution is 6.38. The van der Waals surface area contributed by atoms with Gasteiger partial charge in [0, 0.05) is 46.5 Å². The minimum Gasteiger partial charge on any atom is -0.391 e. The van der Waals surface area contributed by atoms with Crippen LogP contribution in [-0.2, 0) is 11.4 Å². The van der Waals surface area contributed by atoms with Crippen LogP contribution in [0.2, 0.25) is 0 Å². The third kappa shape index (κ3) is 4.20. The number of anilines is 1. The van der Waals surface area contributed by atoms with Crippen molar-refractivity contribution in [2.75, 3.05) is 5.73 Å². The number of nitrogens with two attached hydrogens (primary N) is 2. The predicted octanol–water partition coefficient (Wildman–Crippen LogP) is 2.73. The molecular weight excluding hydrogens is 494 g/mol. The van der Waals surface area contributed by atoms with E-state index in [1.807, 2.05) is 47.4 Å². The monoisotopic (exact) mass is 523 g/mol. The van der Waals surface area contributed by atoms with Crippen LogP contribution in [-0.4, -0.2) is 59.8 Å². The third-order valence-electron chi connectivity index (χ3n) is 7.90. The van der Waals surface area contributed by atoms with Crippen molar-refractivity contribution in [3.05, 3.63) is 66.1 Å². The van der Waals surface area contributed by atoms with E-state index < -0.39 is 0 Å². The van der Waals surface area contributed by atoms with E-state index in [9.17, 15) is 9.90 Å². The summed E-state index contributed by atoms with van der Waals surface area (Å²) in [6.45, 7) is -0.264. The first-order valence-electron chi connectivity index (χ1n) is 12.9.